The molecule has 0 saturated heterocycles. The minimum absolute atomic E-state index is 0.145. The molecule has 0 fully saturated rings. The summed E-state index contributed by atoms with van der Waals surface area (Å²) in [6.45, 7) is 1.98. The van der Waals surface area contributed by atoms with E-state index >= 15 is 0 Å². The maximum absolute atomic E-state index is 5.73. The molecule has 0 saturated carbocycles. The van der Waals surface area contributed by atoms with Crippen molar-refractivity contribution in [2.45, 2.75) is 29.4 Å². The van der Waals surface area contributed by atoms with Gasteiger partial charge in [0.2, 0.25) is 0 Å². The summed E-state index contributed by atoms with van der Waals surface area (Å²) in [4.78, 5) is 9.79. The minimum atomic E-state index is 0.145. The SMILES string of the molecule is CC(N)Cc1cnc(Sc2ccccc2)nc1. The molecule has 2 N–H and O–H groups in total. The molecular weight excluding hydrogens is 230 g/mol. The van der Waals surface area contributed by atoms with E-state index in [1.807, 2.05) is 49.6 Å². The van der Waals surface area contributed by atoms with Crippen molar-refractivity contribution in [3.63, 3.8) is 0 Å². The molecule has 0 aliphatic heterocycles. The summed E-state index contributed by atoms with van der Waals surface area (Å²) in [5.74, 6) is 0. The van der Waals surface area contributed by atoms with E-state index in [1.165, 1.54) is 0 Å². The zero-order valence-electron chi connectivity index (χ0n) is 9.71. The lowest BCUT2D eigenvalue weighted by Crippen LogP contribution is -2.17. The van der Waals surface area contributed by atoms with Crippen LogP contribution in [0.25, 0.3) is 0 Å². The zero-order chi connectivity index (χ0) is 12.1. The van der Waals surface area contributed by atoms with Gasteiger partial charge in [-0.1, -0.05) is 18.2 Å². The van der Waals surface area contributed by atoms with Crippen molar-refractivity contribution in [1.82, 2.24) is 9.97 Å². The van der Waals surface area contributed by atoms with Crippen molar-refractivity contribution < 1.29 is 0 Å². The van der Waals surface area contributed by atoms with Crippen LogP contribution in [-0.4, -0.2) is 16.0 Å². The molecule has 3 nitrogen and oxygen atoms in total. The van der Waals surface area contributed by atoms with Crippen molar-refractivity contribution >= 4 is 11.8 Å². The Morgan fingerprint density at radius 3 is 2.41 bits per heavy atom. The summed E-state index contributed by atoms with van der Waals surface area (Å²) in [5.41, 5.74) is 6.81. The van der Waals surface area contributed by atoms with Gasteiger partial charge in [0.15, 0.2) is 5.16 Å². The summed E-state index contributed by atoms with van der Waals surface area (Å²) < 4.78 is 0. The minimum Gasteiger partial charge on any atom is -0.328 e. The number of hydrogen-bond donors (Lipinski definition) is 1. The second kappa shape index (κ2) is 5.80. The summed E-state index contributed by atoms with van der Waals surface area (Å²) in [7, 11) is 0. The van der Waals surface area contributed by atoms with E-state index in [9.17, 15) is 0 Å². The summed E-state index contributed by atoms with van der Waals surface area (Å²) in [6.07, 6.45) is 4.51. The highest BCUT2D eigenvalue weighted by atomic mass is 32.2. The molecule has 2 aromatic rings. The largest absolute Gasteiger partial charge is 0.328 e. The van der Waals surface area contributed by atoms with Gasteiger partial charge in [-0.3, -0.25) is 0 Å². The summed E-state index contributed by atoms with van der Waals surface area (Å²) >= 11 is 1.56. The first-order valence-electron chi connectivity index (χ1n) is 5.53. The first-order valence-corrected chi connectivity index (χ1v) is 6.35. The lowest BCUT2D eigenvalue weighted by atomic mass is 10.1. The first kappa shape index (κ1) is 12.1. The Morgan fingerprint density at radius 2 is 1.82 bits per heavy atom. The van der Waals surface area contributed by atoms with Gasteiger partial charge in [0.1, 0.15) is 0 Å². The van der Waals surface area contributed by atoms with Crippen molar-refractivity contribution in [2.24, 2.45) is 5.73 Å². The van der Waals surface area contributed by atoms with Crippen LogP contribution < -0.4 is 5.73 Å². The van der Waals surface area contributed by atoms with Crippen LogP contribution in [0.5, 0.6) is 0 Å². The van der Waals surface area contributed by atoms with Crippen LogP contribution in [0.2, 0.25) is 0 Å². The number of benzene rings is 1. The molecule has 17 heavy (non-hydrogen) atoms. The summed E-state index contributed by atoms with van der Waals surface area (Å²) in [6, 6.07) is 10.2. The highest BCUT2D eigenvalue weighted by Crippen LogP contribution is 2.23. The standard InChI is InChI=1S/C13H15N3S/c1-10(14)7-11-8-15-13(16-9-11)17-12-5-3-2-4-6-12/h2-6,8-10H,7,14H2,1H3. The molecule has 0 aliphatic rings. The topological polar surface area (TPSA) is 51.8 Å². The van der Waals surface area contributed by atoms with Gasteiger partial charge in [-0.25, -0.2) is 9.97 Å². The smallest absolute Gasteiger partial charge is 0.192 e. The molecule has 4 heteroatoms. The molecule has 2 rings (SSSR count). The van der Waals surface area contributed by atoms with Gasteiger partial charge >= 0.3 is 0 Å². The number of aromatic nitrogens is 2. The molecule has 0 spiro atoms. The maximum atomic E-state index is 5.73. The Labute approximate surface area is 105 Å². The predicted octanol–water partition coefficient (Wildman–Crippen LogP) is 2.52. The highest BCUT2D eigenvalue weighted by Gasteiger charge is 2.02. The van der Waals surface area contributed by atoms with Gasteiger partial charge < -0.3 is 5.73 Å². The first-order chi connectivity index (χ1) is 8.24. The number of nitrogens with zero attached hydrogens (tertiary/aromatic N) is 2. The van der Waals surface area contributed by atoms with E-state index < -0.39 is 0 Å². The summed E-state index contributed by atoms with van der Waals surface area (Å²) in [5, 5.41) is 0.768. The number of nitrogens with two attached hydrogens (primary N) is 1. The zero-order valence-corrected chi connectivity index (χ0v) is 10.5. The van der Waals surface area contributed by atoms with Crippen LogP contribution >= 0.6 is 11.8 Å². The molecule has 0 amide bonds. The average Bonchev–Trinajstić information content (AvgIpc) is 2.32. The van der Waals surface area contributed by atoms with Crippen LogP contribution in [0.3, 0.4) is 0 Å². The van der Waals surface area contributed by atoms with Gasteiger partial charge in [-0.15, -0.1) is 0 Å². The van der Waals surface area contributed by atoms with Crippen LogP contribution in [0.15, 0.2) is 52.8 Å². The van der Waals surface area contributed by atoms with Crippen molar-refractivity contribution in [3.05, 3.63) is 48.3 Å². The molecule has 1 aromatic heterocycles. The van der Waals surface area contributed by atoms with Crippen LogP contribution in [0.1, 0.15) is 12.5 Å². The molecule has 0 bridgehead atoms. The molecule has 1 atom stereocenters. The van der Waals surface area contributed by atoms with Crippen molar-refractivity contribution in [3.8, 4) is 0 Å². The molecule has 0 radical (unpaired) electrons. The van der Waals surface area contributed by atoms with E-state index in [0.717, 1.165) is 22.0 Å². The monoisotopic (exact) mass is 245 g/mol. The maximum Gasteiger partial charge on any atom is 0.192 e. The highest BCUT2D eigenvalue weighted by molar-refractivity contribution is 7.99. The second-order valence-electron chi connectivity index (χ2n) is 3.97. The van der Waals surface area contributed by atoms with Gasteiger partial charge in [0.05, 0.1) is 0 Å². The van der Waals surface area contributed by atoms with Gasteiger partial charge in [-0.2, -0.15) is 0 Å². The Morgan fingerprint density at radius 1 is 1.18 bits per heavy atom. The van der Waals surface area contributed by atoms with Crippen LogP contribution in [0, 0.1) is 0 Å². The quantitative estimate of drug-likeness (QED) is 0.841. The average molecular weight is 245 g/mol. The third-order valence-corrected chi connectivity index (χ3v) is 3.09. The van der Waals surface area contributed by atoms with Crippen LogP contribution in [-0.2, 0) is 6.42 Å². The van der Waals surface area contributed by atoms with E-state index in [0.29, 0.717) is 0 Å². The molecule has 1 heterocycles. The van der Waals surface area contributed by atoms with E-state index in [2.05, 4.69) is 9.97 Å². The molecule has 88 valence electrons. The van der Waals surface area contributed by atoms with Gasteiger partial charge in [0.25, 0.3) is 0 Å². The second-order valence-corrected chi connectivity index (χ2v) is 5.01. The normalized spacial score (nSPS) is 12.4. The Balaban J connectivity index is 2.03. The third kappa shape index (κ3) is 3.84. The van der Waals surface area contributed by atoms with Crippen LogP contribution in [0.4, 0.5) is 0 Å². The lowest BCUT2D eigenvalue weighted by molar-refractivity contribution is 0.727. The fourth-order valence-electron chi connectivity index (χ4n) is 1.47. The van der Waals surface area contributed by atoms with E-state index in [4.69, 9.17) is 5.73 Å². The Bertz CT molecular complexity index is 454. The third-order valence-electron chi connectivity index (χ3n) is 2.19. The van der Waals surface area contributed by atoms with Gasteiger partial charge in [0, 0.05) is 23.3 Å². The number of rotatable bonds is 4. The molecule has 1 aromatic carbocycles. The van der Waals surface area contributed by atoms with E-state index in [1.54, 1.807) is 11.8 Å². The van der Waals surface area contributed by atoms with Crippen molar-refractivity contribution in [2.75, 3.05) is 0 Å². The molecular formula is C13H15N3S. The van der Waals surface area contributed by atoms with E-state index in [-0.39, 0.29) is 6.04 Å². The lowest BCUT2D eigenvalue weighted by Gasteiger charge is -2.04. The van der Waals surface area contributed by atoms with Crippen molar-refractivity contribution in [1.29, 1.82) is 0 Å². The molecule has 1 unspecified atom stereocenters. The fourth-order valence-corrected chi connectivity index (χ4v) is 2.18. The Kier molecular flexibility index (Phi) is 4.12. The van der Waals surface area contributed by atoms with Gasteiger partial charge in [-0.05, 0) is 42.8 Å². The fraction of sp³-hybridized carbons (Fsp3) is 0.231. The Hall–Kier alpha value is -1.39. The molecule has 0 aliphatic carbocycles. The number of hydrogen-bond acceptors (Lipinski definition) is 4. The predicted molar refractivity (Wildman–Crippen MR) is 70.0 cm³/mol.